The quantitative estimate of drug-likeness (QED) is 0.788. The van der Waals surface area contributed by atoms with Gasteiger partial charge in [0, 0.05) is 19.3 Å². The van der Waals surface area contributed by atoms with Crippen LogP contribution in [0.25, 0.3) is 0 Å². The van der Waals surface area contributed by atoms with E-state index in [9.17, 15) is 4.79 Å². The van der Waals surface area contributed by atoms with Crippen molar-refractivity contribution < 1.29 is 14.6 Å². The lowest BCUT2D eigenvalue weighted by Gasteiger charge is -2.31. The third-order valence-electron chi connectivity index (χ3n) is 3.93. The number of carbonyl (C=O) groups excluding carboxylic acids is 1. The Hall–Kier alpha value is -1.98. The zero-order valence-corrected chi connectivity index (χ0v) is 10.9. The molecule has 0 unspecified atom stereocenters. The van der Waals surface area contributed by atoms with Gasteiger partial charge in [-0.25, -0.2) is 4.79 Å². The summed E-state index contributed by atoms with van der Waals surface area (Å²) in [5, 5.41) is 13.3. The summed E-state index contributed by atoms with van der Waals surface area (Å²) in [5.74, 6) is 0.632. The first kappa shape index (κ1) is 12.1. The second-order valence-corrected chi connectivity index (χ2v) is 5.27. The van der Waals surface area contributed by atoms with Crippen molar-refractivity contribution in [3.05, 3.63) is 24.1 Å². The normalized spacial score (nSPS) is 26.9. The molecule has 2 aliphatic rings. The van der Waals surface area contributed by atoms with Crippen LogP contribution in [0.15, 0.2) is 24.1 Å². The first-order valence-corrected chi connectivity index (χ1v) is 6.44. The summed E-state index contributed by atoms with van der Waals surface area (Å²) in [5.41, 5.74) is 0.610. The molecule has 2 heterocycles. The van der Waals surface area contributed by atoms with Crippen molar-refractivity contribution in [3.8, 4) is 0 Å². The number of hydrogen-bond acceptors (Lipinski definition) is 4. The van der Waals surface area contributed by atoms with Crippen LogP contribution in [0.3, 0.4) is 0 Å². The number of carbonyl (C=O) groups is 1. The van der Waals surface area contributed by atoms with Crippen LogP contribution < -0.4 is 4.90 Å². The van der Waals surface area contributed by atoms with Crippen molar-refractivity contribution in [1.29, 1.82) is 0 Å². The van der Waals surface area contributed by atoms with Gasteiger partial charge in [0.2, 0.25) is 0 Å². The van der Waals surface area contributed by atoms with E-state index in [0.717, 1.165) is 31.3 Å². The van der Waals surface area contributed by atoms with Gasteiger partial charge in [0.1, 0.15) is 5.60 Å². The van der Waals surface area contributed by atoms with Crippen molar-refractivity contribution in [2.45, 2.75) is 31.3 Å². The second-order valence-electron chi connectivity index (χ2n) is 5.27. The van der Waals surface area contributed by atoms with Crippen LogP contribution in [-0.2, 0) is 11.8 Å². The largest absolute Gasteiger partial charge is 0.516 e. The second kappa shape index (κ2) is 4.29. The molecule has 102 valence electrons. The summed E-state index contributed by atoms with van der Waals surface area (Å²) < 4.78 is 7.26. The van der Waals surface area contributed by atoms with Crippen molar-refractivity contribution >= 4 is 11.9 Å². The number of anilines is 1. The Morgan fingerprint density at radius 2 is 2.21 bits per heavy atom. The third kappa shape index (κ3) is 2.07. The summed E-state index contributed by atoms with van der Waals surface area (Å²) in [7, 11) is 1.82. The van der Waals surface area contributed by atoms with Gasteiger partial charge in [0.05, 0.1) is 12.8 Å². The predicted octanol–water partition coefficient (Wildman–Crippen LogP) is 2.13. The fraction of sp³-hybridized carbons (Fsp3) is 0.538. The molecular formula is C13H17N3O3. The van der Waals surface area contributed by atoms with Crippen LogP contribution in [0, 0.1) is 0 Å². The monoisotopic (exact) mass is 263 g/mol. The van der Waals surface area contributed by atoms with Crippen molar-refractivity contribution in [2.24, 2.45) is 7.05 Å². The number of amides is 1. The lowest BCUT2D eigenvalue weighted by atomic mass is 9.82. The van der Waals surface area contributed by atoms with E-state index in [1.807, 2.05) is 13.1 Å². The third-order valence-corrected chi connectivity index (χ3v) is 3.93. The van der Waals surface area contributed by atoms with Crippen molar-refractivity contribution in [1.82, 2.24) is 9.78 Å². The SMILES string of the molecule is Cn1ccc(N2CC3(CCC(=CO)CC3)OC2=O)n1. The van der Waals surface area contributed by atoms with E-state index < -0.39 is 5.60 Å². The first-order chi connectivity index (χ1) is 9.12. The molecule has 0 bridgehead atoms. The number of aryl methyl sites for hydroxylation is 1. The summed E-state index contributed by atoms with van der Waals surface area (Å²) >= 11 is 0. The molecule has 6 heteroatoms. The van der Waals surface area contributed by atoms with E-state index in [-0.39, 0.29) is 6.09 Å². The molecule has 1 spiro atoms. The zero-order chi connectivity index (χ0) is 13.5. The van der Waals surface area contributed by atoms with E-state index in [2.05, 4.69) is 5.10 Å². The lowest BCUT2D eigenvalue weighted by molar-refractivity contribution is 0.0343. The van der Waals surface area contributed by atoms with Gasteiger partial charge in [0.15, 0.2) is 5.82 Å². The van der Waals surface area contributed by atoms with Gasteiger partial charge >= 0.3 is 6.09 Å². The van der Waals surface area contributed by atoms with Crippen LogP contribution >= 0.6 is 0 Å². The molecule has 1 saturated carbocycles. The number of rotatable bonds is 1. The molecule has 1 amide bonds. The standard InChI is InChI=1S/C13H17N3O3/c1-15-7-4-11(14-15)16-9-13(19-12(16)18)5-2-10(8-17)3-6-13/h4,7-8,17H,2-3,5-6,9H2,1H3. The molecule has 0 aromatic carbocycles. The van der Waals surface area contributed by atoms with E-state index >= 15 is 0 Å². The Morgan fingerprint density at radius 1 is 1.47 bits per heavy atom. The minimum Gasteiger partial charge on any atom is -0.516 e. The number of allylic oxidation sites excluding steroid dienone is 1. The maximum absolute atomic E-state index is 12.0. The molecule has 6 nitrogen and oxygen atoms in total. The first-order valence-electron chi connectivity index (χ1n) is 6.44. The predicted molar refractivity (Wildman–Crippen MR) is 68.9 cm³/mol. The average Bonchev–Trinajstić information content (AvgIpc) is 2.95. The van der Waals surface area contributed by atoms with E-state index in [0.29, 0.717) is 12.4 Å². The molecule has 1 aliphatic heterocycles. The minimum atomic E-state index is -0.416. The smallest absolute Gasteiger partial charge is 0.416 e. The number of aliphatic hydroxyl groups is 1. The molecule has 2 fully saturated rings. The molecule has 0 atom stereocenters. The number of nitrogens with zero attached hydrogens (tertiary/aromatic N) is 3. The molecule has 1 aromatic heterocycles. The average molecular weight is 263 g/mol. The number of aliphatic hydroxyl groups excluding tert-OH is 1. The highest BCUT2D eigenvalue weighted by molar-refractivity contribution is 5.89. The molecule has 0 radical (unpaired) electrons. The van der Waals surface area contributed by atoms with Gasteiger partial charge in [-0.2, -0.15) is 5.10 Å². The Morgan fingerprint density at radius 3 is 2.79 bits per heavy atom. The maximum atomic E-state index is 12.0. The van der Waals surface area contributed by atoms with Gasteiger partial charge in [-0.1, -0.05) is 0 Å². The summed E-state index contributed by atoms with van der Waals surface area (Å²) in [4.78, 5) is 13.6. The van der Waals surface area contributed by atoms with E-state index in [1.165, 1.54) is 6.26 Å². The van der Waals surface area contributed by atoms with Gasteiger partial charge in [0.25, 0.3) is 0 Å². The molecule has 1 N–H and O–H groups in total. The van der Waals surface area contributed by atoms with Crippen LogP contribution in [0.4, 0.5) is 10.6 Å². The minimum absolute atomic E-state index is 0.324. The number of ether oxygens (including phenoxy) is 1. The summed E-state index contributed by atoms with van der Waals surface area (Å²) in [6.45, 7) is 0.543. The van der Waals surface area contributed by atoms with Gasteiger partial charge < -0.3 is 9.84 Å². The lowest BCUT2D eigenvalue weighted by Crippen LogP contribution is -2.37. The fourth-order valence-corrected chi connectivity index (χ4v) is 2.76. The van der Waals surface area contributed by atoms with Gasteiger partial charge in [-0.15, -0.1) is 0 Å². The maximum Gasteiger partial charge on any atom is 0.416 e. The molecular weight excluding hydrogens is 246 g/mol. The van der Waals surface area contributed by atoms with Crippen molar-refractivity contribution in [2.75, 3.05) is 11.4 Å². The van der Waals surface area contributed by atoms with Gasteiger partial charge in [-0.3, -0.25) is 9.58 Å². The van der Waals surface area contributed by atoms with Crippen LogP contribution in [0.1, 0.15) is 25.7 Å². The van der Waals surface area contributed by atoms with Crippen molar-refractivity contribution in [3.63, 3.8) is 0 Å². The Bertz CT molecular complexity index is 525. The summed E-state index contributed by atoms with van der Waals surface area (Å²) in [6.07, 6.45) is 5.74. The Kier molecular flexibility index (Phi) is 2.73. The summed E-state index contributed by atoms with van der Waals surface area (Å²) in [6, 6.07) is 1.81. The van der Waals surface area contributed by atoms with E-state index in [1.54, 1.807) is 15.8 Å². The van der Waals surface area contributed by atoms with Crippen LogP contribution in [-0.4, -0.2) is 33.1 Å². The molecule has 1 aromatic rings. The van der Waals surface area contributed by atoms with Crippen LogP contribution in [0.2, 0.25) is 0 Å². The fourth-order valence-electron chi connectivity index (χ4n) is 2.76. The highest BCUT2D eigenvalue weighted by Crippen LogP contribution is 2.39. The highest BCUT2D eigenvalue weighted by Gasteiger charge is 2.47. The Labute approximate surface area is 111 Å². The topological polar surface area (TPSA) is 67.6 Å². The zero-order valence-electron chi connectivity index (χ0n) is 10.9. The molecule has 1 aliphatic carbocycles. The van der Waals surface area contributed by atoms with Gasteiger partial charge in [-0.05, 0) is 31.3 Å². The molecule has 19 heavy (non-hydrogen) atoms. The Balaban J connectivity index is 1.77. The number of aromatic nitrogens is 2. The van der Waals surface area contributed by atoms with E-state index in [4.69, 9.17) is 9.84 Å². The molecule has 3 rings (SSSR count). The van der Waals surface area contributed by atoms with Crippen LogP contribution in [0.5, 0.6) is 0 Å². The number of hydrogen-bond donors (Lipinski definition) is 1. The molecule has 1 saturated heterocycles. The highest BCUT2D eigenvalue weighted by atomic mass is 16.6.